The van der Waals surface area contributed by atoms with E-state index >= 15 is 4.79 Å². The number of aromatic hydroxyl groups is 1. The zero-order valence-electron chi connectivity index (χ0n) is 27.7. The van der Waals surface area contributed by atoms with Crippen LogP contribution in [0.4, 0.5) is 11.4 Å². The number of fused-ring (bicyclic) bond motifs is 4. The van der Waals surface area contributed by atoms with Crippen molar-refractivity contribution in [3.05, 3.63) is 136 Å². The fourth-order valence-corrected chi connectivity index (χ4v) is 9.26. The van der Waals surface area contributed by atoms with Gasteiger partial charge in [0, 0.05) is 10.9 Å². The Balaban J connectivity index is 1.31. The van der Waals surface area contributed by atoms with Crippen LogP contribution in [0.3, 0.4) is 0 Å². The monoisotopic (exact) mass is 685 g/mol. The summed E-state index contributed by atoms with van der Waals surface area (Å²) in [6.07, 6.45) is 3.33. The maximum absolute atomic E-state index is 15.2. The number of nitrogens with zero attached hydrogens (tertiary/aromatic N) is 2. The Kier molecular flexibility index (Phi) is 7.68. The van der Waals surface area contributed by atoms with Crippen LogP contribution in [0.15, 0.2) is 109 Å². The Morgan fingerprint density at radius 1 is 0.860 bits per heavy atom. The lowest BCUT2D eigenvalue weighted by Crippen LogP contribution is -2.53. The topological polar surface area (TPSA) is 107 Å². The maximum atomic E-state index is 15.2. The third-order valence-electron chi connectivity index (χ3n) is 11.3. The highest BCUT2D eigenvalue weighted by atomic mass is 35.5. The maximum Gasteiger partial charge on any atom is 0.260 e. The van der Waals surface area contributed by atoms with Crippen LogP contribution in [0, 0.1) is 30.6 Å². The number of amides is 4. The van der Waals surface area contributed by atoms with E-state index in [1.54, 1.807) is 6.07 Å². The lowest BCUT2D eigenvalue weighted by Gasteiger charge is -2.50. The molecule has 1 saturated carbocycles. The molecule has 2 aliphatic carbocycles. The number of anilines is 2. The molecule has 0 spiro atoms. The highest BCUT2D eigenvalue weighted by molar-refractivity contribution is 6.31. The molecule has 2 saturated heterocycles. The first-order valence-electron chi connectivity index (χ1n) is 17.1. The molecule has 6 atom stereocenters. The van der Waals surface area contributed by atoms with Gasteiger partial charge in [-0.15, -0.1) is 0 Å². The number of hydrogen-bond donors (Lipinski definition) is 2. The molecule has 8 nitrogen and oxygen atoms in total. The van der Waals surface area contributed by atoms with Gasteiger partial charge in [0.1, 0.15) is 5.75 Å². The number of aryl methyl sites for hydroxylation is 2. The Hall–Kier alpha value is -5.21. The van der Waals surface area contributed by atoms with E-state index in [1.807, 2.05) is 98.8 Å². The van der Waals surface area contributed by atoms with Gasteiger partial charge in [0.15, 0.2) is 0 Å². The SMILES string of the molecule is CCc1ccc(N2C(=O)C3CC=C4C(CC5C(=O)N(Nc6ccc(C)cc6)C(=O)C5(c5ccccc5)C4c4ccc(O)cc4Cl)C3C2=O)cc1. The molecule has 2 heterocycles. The number of phenolic OH excluding ortho intramolecular Hbond substituents is 1. The standard InChI is InChI=1S/C41H36ClN3O5/c1-3-24-11-15-27(16-12-24)44-37(47)31-20-19-29-32(35(31)39(44)49)22-33-38(48)45(43-26-13-9-23(2)10-14-26)40(50)41(33,25-7-5-4-6-8-25)36(29)30-18-17-28(46)21-34(30)42/h4-19,21,31-33,35-36,43,46H,3,20,22H2,1-2H3. The minimum atomic E-state index is -1.44. The molecule has 8 rings (SSSR count). The number of carbonyl (C=O) groups excluding carboxylic acids is 4. The molecular formula is C41H36ClN3O5. The molecule has 9 heteroatoms. The third-order valence-corrected chi connectivity index (χ3v) is 11.6. The van der Waals surface area contributed by atoms with Gasteiger partial charge in [0.05, 0.1) is 34.5 Å². The van der Waals surface area contributed by atoms with E-state index in [9.17, 15) is 19.5 Å². The van der Waals surface area contributed by atoms with Crippen LogP contribution in [-0.4, -0.2) is 33.7 Å². The van der Waals surface area contributed by atoms with Crippen molar-refractivity contribution in [1.82, 2.24) is 5.01 Å². The van der Waals surface area contributed by atoms with Crippen molar-refractivity contribution in [2.24, 2.45) is 23.7 Å². The predicted molar refractivity (Wildman–Crippen MR) is 190 cm³/mol. The number of phenols is 1. The number of rotatable bonds is 6. The smallest absolute Gasteiger partial charge is 0.260 e. The van der Waals surface area contributed by atoms with Crippen molar-refractivity contribution in [3.63, 3.8) is 0 Å². The summed E-state index contributed by atoms with van der Waals surface area (Å²) in [6, 6.07) is 28.9. The molecule has 4 aromatic rings. The van der Waals surface area contributed by atoms with Crippen LogP contribution >= 0.6 is 11.6 Å². The second-order valence-corrected chi connectivity index (χ2v) is 14.2. The van der Waals surface area contributed by atoms with Gasteiger partial charge in [-0.1, -0.05) is 96.4 Å². The number of hydrogen-bond acceptors (Lipinski definition) is 6. The van der Waals surface area contributed by atoms with Gasteiger partial charge >= 0.3 is 0 Å². The minimum absolute atomic E-state index is 0.0353. The molecule has 4 aromatic carbocycles. The number of hydrazine groups is 1. The Bertz CT molecular complexity index is 2080. The van der Waals surface area contributed by atoms with E-state index in [4.69, 9.17) is 11.6 Å². The minimum Gasteiger partial charge on any atom is -0.508 e. The number of benzene rings is 4. The number of allylic oxidation sites excluding steroid dienone is 2. The van der Waals surface area contributed by atoms with Crippen LogP contribution in [0.1, 0.15) is 47.9 Å². The van der Waals surface area contributed by atoms with Crippen molar-refractivity contribution >= 4 is 46.6 Å². The van der Waals surface area contributed by atoms with E-state index in [0.29, 0.717) is 28.9 Å². The first-order valence-corrected chi connectivity index (χ1v) is 17.4. The summed E-state index contributed by atoms with van der Waals surface area (Å²) in [5.41, 5.74) is 6.93. The molecule has 0 bridgehead atoms. The van der Waals surface area contributed by atoms with Gasteiger partial charge in [-0.25, -0.2) is 0 Å². The summed E-state index contributed by atoms with van der Waals surface area (Å²) in [5, 5.41) is 11.8. The average Bonchev–Trinajstić information content (AvgIpc) is 3.50. The van der Waals surface area contributed by atoms with Crippen molar-refractivity contribution in [1.29, 1.82) is 0 Å². The largest absolute Gasteiger partial charge is 0.508 e. The highest BCUT2D eigenvalue weighted by Crippen LogP contribution is 2.64. The molecule has 0 radical (unpaired) electrons. The molecule has 2 N–H and O–H groups in total. The lowest BCUT2D eigenvalue weighted by atomic mass is 9.49. The molecule has 0 aromatic heterocycles. The van der Waals surface area contributed by atoms with Crippen LogP contribution in [-0.2, 0) is 31.0 Å². The second-order valence-electron chi connectivity index (χ2n) is 13.8. The quantitative estimate of drug-likeness (QED) is 0.166. The van der Waals surface area contributed by atoms with Gasteiger partial charge in [-0.2, -0.15) is 5.01 Å². The molecule has 3 fully saturated rings. The molecule has 50 heavy (non-hydrogen) atoms. The fourth-order valence-electron chi connectivity index (χ4n) is 8.98. The van der Waals surface area contributed by atoms with Gasteiger partial charge in [-0.05, 0) is 85.2 Å². The van der Waals surface area contributed by atoms with Crippen LogP contribution in [0.25, 0.3) is 0 Å². The molecule has 4 amide bonds. The third kappa shape index (κ3) is 4.65. The van der Waals surface area contributed by atoms with Crippen LogP contribution < -0.4 is 10.3 Å². The van der Waals surface area contributed by atoms with E-state index in [2.05, 4.69) is 5.43 Å². The second kappa shape index (κ2) is 12.0. The number of nitrogens with one attached hydrogen (secondary N) is 1. The first kappa shape index (κ1) is 32.0. The normalized spacial score (nSPS) is 27.2. The Labute approximate surface area is 295 Å². The van der Waals surface area contributed by atoms with Gasteiger partial charge in [0.25, 0.3) is 11.8 Å². The fraction of sp³-hybridized carbons (Fsp3) is 0.268. The van der Waals surface area contributed by atoms with E-state index < -0.39 is 46.8 Å². The zero-order chi connectivity index (χ0) is 34.9. The Morgan fingerprint density at radius 3 is 2.26 bits per heavy atom. The first-order chi connectivity index (χ1) is 24.1. The molecule has 252 valence electrons. The number of imide groups is 2. The summed E-state index contributed by atoms with van der Waals surface area (Å²) in [6.45, 7) is 4.00. The highest BCUT2D eigenvalue weighted by Gasteiger charge is 2.70. The van der Waals surface area contributed by atoms with Gasteiger partial charge in [0.2, 0.25) is 11.8 Å². The summed E-state index contributed by atoms with van der Waals surface area (Å²) >= 11 is 6.95. The van der Waals surface area contributed by atoms with Crippen molar-refractivity contribution in [3.8, 4) is 5.75 Å². The summed E-state index contributed by atoms with van der Waals surface area (Å²) < 4.78 is 0. The molecule has 6 unspecified atom stereocenters. The van der Waals surface area contributed by atoms with Gasteiger partial charge in [-0.3, -0.25) is 29.5 Å². The molecule has 4 aliphatic rings. The van der Waals surface area contributed by atoms with Crippen molar-refractivity contribution < 1.29 is 24.3 Å². The summed E-state index contributed by atoms with van der Waals surface area (Å²) in [7, 11) is 0. The van der Waals surface area contributed by atoms with Crippen molar-refractivity contribution in [2.75, 3.05) is 10.3 Å². The zero-order valence-corrected chi connectivity index (χ0v) is 28.4. The van der Waals surface area contributed by atoms with E-state index in [1.165, 1.54) is 17.0 Å². The number of carbonyl (C=O) groups is 4. The molecule has 2 aliphatic heterocycles. The predicted octanol–water partition coefficient (Wildman–Crippen LogP) is 7.11. The summed E-state index contributed by atoms with van der Waals surface area (Å²) in [5.74, 6) is -4.94. The Morgan fingerprint density at radius 2 is 1.58 bits per heavy atom. The number of halogens is 1. The van der Waals surface area contributed by atoms with Gasteiger partial charge < -0.3 is 5.11 Å². The van der Waals surface area contributed by atoms with E-state index in [-0.39, 0.29) is 29.0 Å². The lowest BCUT2D eigenvalue weighted by molar-refractivity contribution is -0.138. The van der Waals surface area contributed by atoms with E-state index in [0.717, 1.165) is 28.1 Å². The summed E-state index contributed by atoms with van der Waals surface area (Å²) in [4.78, 5) is 59.8. The van der Waals surface area contributed by atoms with Crippen molar-refractivity contribution in [2.45, 2.75) is 44.4 Å². The average molecular weight is 686 g/mol. The molecular weight excluding hydrogens is 650 g/mol. The van der Waals surface area contributed by atoms with Crippen LogP contribution in [0.5, 0.6) is 5.75 Å². The van der Waals surface area contributed by atoms with Crippen LogP contribution in [0.2, 0.25) is 5.02 Å².